The molecule has 2 amide bonds. The summed E-state index contributed by atoms with van der Waals surface area (Å²) >= 11 is 0. The summed E-state index contributed by atoms with van der Waals surface area (Å²) in [7, 11) is 0. The summed E-state index contributed by atoms with van der Waals surface area (Å²) < 4.78 is 0. The van der Waals surface area contributed by atoms with Gasteiger partial charge in [-0.2, -0.15) is 0 Å². The van der Waals surface area contributed by atoms with E-state index in [9.17, 15) is 4.79 Å². The number of H-pyrrole nitrogens is 1. The van der Waals surface area contributed by atoms with Crippen LogP contribution >= 0.6 is 0 Å². The first-order chi connectivity index (χ1) is 12.3. The minimum absolute atomic E-state index is 0.275. The Kier molecular flexibility index (Phi) is 3.88. The van der Waals surface area contributed by atoms with Crippen LogP contribution in [-0.4, -0.2) is 16.0 Å². The van der Waals surface area contributed by atoms with Gasteiger partial charge >= 0.3 is 6.03 Å². The maximum absolute atomic E-state index is 12.0. The number of hydrogen-bond donors (Lipinski definition) is 3. The topological polar surface area (TPSA) is 69.8 Å². The zero-order valence-corrected chi connectivity index (χ0v) is 13.4. The van der Waals surface area contributed by atoms with E-state index in [1.807, 2.05) is 78.9 Å². The zero-order chi connectivity index (χ0) is 17.1. The molecule has 0 saturated carbocycles. The first kappa shape index (κ1) is 15.0. The summed E-state index contributed by atoms with van der Waals surface area (Å²) in [5.74, 6) is 0.807. The monoisotopic (exact) mass is 328 g/mol. The highest BCUT2D eigenvalue weighted by atomic mass is 16.2. The predicted molar refractivity (Wildman–Crippen MR) is 101 cm³/mol. The molecule has 0 radical (unpaired) electrons. The van der Waals surface area contributed by atoms with Gasteiger partial charge in [0.25, 0.3) is 0 Å². The Bertz CT molecular complexity index is 974. The lowest BCUT2D eigenvalue weighted by Gasteiger charge is -2.08. The minimum atomic E-state index is -0.275. The van der Waals surface area contributed by atoms with Crippen LogP contribution in [0.4, 0.5) is 16.2 Å². The second-order valence-electron chi connectivity index (χ2n) is 5.63. The summed E-state index contributed by atoms with van der Waals surface area (Å²) in [4.78, 5) is 19.9. The van der Waals surface area contributed by atoms with Gasteiger partial charge in [0.05, 0.1) is 11.0 Å². The molecule has 4 rings (SSSR count). The third-order valence-electron chi connectivity index (χ3n) is 3.84. The van der Waals surface area contributed by atoms with Gasteiger partial charge in [-0.15, -0.1) is 0 Å². The van der Waals surface area contributed by atoms with E-state index in [2.05, 4.69) is 20.6 Å². The van der Waals surface area contributed by atoms with Crippen LogP contribution in [0.1, 0.15) is 0 Å². The number of anilines is 2. The van der Waals surface area contributed by atoms with Crippen molar-refractivity contribution >= 4 is 28.4 Å². The van der Waals surface area contributed by atoms with Crippen molar-refractivity contribution < 1.29 is 4.79 Å². The number of carbonyl (C=O) groups is 1. The zero-order valence-electron chi connectivity index (χ0n) is 13.4. The fraction of sp³-hybridized carbons (Fsp3) is 0. The summed E-state index contributed by atoms with van der Waals surface area (Å²) in [6.45, 7) is 0. The Morgan fingerprint density at radius 1 is 0.760 bits per heavy atom. The van der Waals surface area contributed by atoms with Gasteiger partial charge in [-0.1, -0.05) is 30.3 Å². The number of nitrogens with zero attached hydrogens (tertiary/aromatic N) is 1. The molecule has 3 aromatic carbocycles. The molecule has 122 valence electrons. The number of rotatable bonds is 3. The molecule has 4 aromatic rings. The number of nitrogens with one attached hydrogen (secondary N) is 3. The molecular formula is C20H16N4O. The number of aromatic nitrogens is 2. The first-order valence-corrected chi connectivity index (χ1v) is 7.96. The highest BCUT2D eigenvalue weighted by Gasteiger charge is 2.06. The van der Waals surface area contributed by atoms with Gasteiger partial charge in [0.15, 0.2) is 0 Å². The lowest BCUT2D eigenvalue weighted by atomic mass is 10.2. The molecule has 3 N–H and O–H groups in total. The summed E-state index contributed by atoms with van der Waals surface area (Å²) in [5, 5.41) is 5.60. The molecule has 0 aliphatic carbocycles. The number of aromatic amines is 1. The third kappa shape index (κ3) is 3.35. The van der Waals surface area contributed by atoms with Crippen LogP contribution in [0, 0.1) is 0 Å². The SMILES string of the molecule is O=C(Nc1ccccc1)Nc1ccc(-c2nc3ccccc3[nH]2)cc1. The average molecular weight is 328 g/mol. The molecule has 1 heterocycles. The molecule has 0 saturated heterocycles. The Labute approximate surface area is 144 Å². The van der Waals surface area contributed by atoms with Crippen LogP contribution in [0.25, 0.3) is 22.4 Å². The summed E-state index contributed by atoms with van der Waals surface area (Å²) in [6, 6.07) is 24.5. The van der Waals surface area contributed by atoms with E-state index in [0.717, 1.165) is 28.1 Å². The van der Waals surface area contributed by atoms with E-state index in [0.29, 0.717) is 5.69 Å². The first-order valence-electron chi connectivity index (χ1n) is 7.96. The van der Waals surface area contributed by atoms with Crippen LogP contribution in [0.5, 0.6) is 0 Å². The second kappa shape index (κ2) is 6.49. The maximum Gasteiger partial charge on any atom is 0.323 e. The van der Waals surface area contributed by atoms with Crippen LogP contribution in [0.3, 0.4) is 0 Å². The normalized spacial score (nSPS) is 10.6. The van der Waals surface area contributed by atoms with Gasteiger partial charge in [0.2, 0.25) is 0 Å². The molecule has 0 aliphatic heterocycles. The van der Waals surface area contributed by atoms with E-state index >= 15 is 0 Å². The van der Waals surface area contributed by atoms with E-state index in [4.69, 9.17) is 0 Å². The van der Waals surface area contributed by atoms with Crippen LogP contribution < -0.4 is 10.6 Å². The van der Waals surface area contributed by atoms with E-state index in [-0.39, 0.29) is 6.03 Å². The Balaban J connectivity index is 1.47. The van der Waals surface area contributed by atoms with Crippen molar-refractivity contribution in [1.29, 1.82) is 0 Å². The molecule has 1 aromatic heterocycles. The summed E-state index contributed by atoms with van der Waals surface area (Å²) in [6.07, 6.45) is 0. The molecule has 25 heavy (non-hydrogen) atoms. The molecule has 5 heteroatoms. The largest absolute Gasteiger partial charge is 0.338 e. The van der Waals surface area contributed by atoms with Crippen LogP contribution in [0.2, 0.25) is 0 Å². The summed E-state index contributed by atoms with van der Waals surface area (Å²) in [5.41, 5.74) is 4.36. The molecular weight excluding hydrogens is 312 g/mol. The molecule has 0 atom stereocenters. The van der Waals surface area contributed by atoms with Crippen molar-refractivity contribution in [2.24, 2.45) is 0 Å². The lowest BCUT2D eigenvalue weighted by Crippen LogP contribution is -2.19. The highest BCUT2D eigenvalue weighted by molar-refractivity contribution is 5.99. The molecule has 0 bridgehead atoms. The van der Waals surface area contributed by atoms with Crippen molar-refractivity contribution in [2.45, 2.75) is 0 Å². The van der Waals surface area contributed by atoms with Crippen LogP contribution in [0.15, 0.2) is 78.9 Å². The maximum atomic E-state index is 12.0. The van der Waals surface area contributed by atoms with Crippen molar-refractivity contribution in [1.82, 2.24) is 9.97 Å². The predicted octanol–water partition coefficient (Wildman–Crippen LogP) is 4.87. The molecule has 0 aliphatic rings. The fourth-order valence-electron chi connectivity index (χ4n) is 2.62. The standard InChI is InChI=1S/C20H16N4O/c25-20(21-15-6-2-1-3-7-15)22-16-12-10-14(11-13-16)19-23-17-8-4-5-9-18(17)24-19/h1-13H,(H,23,24)(H2,21,22,25). The van der Waals surface area contributed by atoms with Crippen LogP contribution in [-0.2, 0) is 0 Å². The molecule has 5 nitrogen and oxygen atoms in total. The molecule has 0 spiro atoms. The highest BCUT2D eigenvalue weighted by Crippen LogP contribution is 2.22. The fourth-order valence-corrected chi connectivity index (χ4v) is 2.62. The Morgan fingerprint density at radius 2 is 1.40 bits per heavy atom. The van der Waals surface area contributed by atoms with Gasteiger partial charge in [-0.25, -0.2) is 9.78 Å². The minimum Gasteiger partial charge on any atom is -0.338 e. The number of para-hydroxylation sites is 3. The number of hydrogen-bond acceptors (Lipinski definition) is 2. The third-order valence-corrected chi connectivity index (χ3v) is 3.84. The van der Waals surface area contributed by atoms with Crippen molar-refractivity contribution in [2.75, 3.05) is 10.6 Å². The quantitative estimate of drug-likeness (QED) is 0.502. The van der Waals surface area contributed by atoms with E-state index in [1.165, 1.54) is 0 Å². The van der Waals surface area contributed by atoms with Gasteiger partial charge < -0.3 is 15.6 Å². The van der Waals surface area contributed by atoms with Gasteiger partial charge in [-0.3, -0.25) is 0 Å². The van der Waals surface area contributed by atoms with Gasteiger partial charge in [-0.05, 0) is 48.5 Å². The van der Waals surface area contributed by atoms with Gasteiger partial charge in [0, 0.05) is 16.9 Å². The number of amides is 2. The number of imidazole rings is 1. The number of urea groups is 1. The number of benzene rings is 3. The van der Waals surface area contributed by atoms with Gasteiger partial charge in [0.1, 0.15) is 5.82 Å². The van der Waals surface area contributed by atoms with Crippen molar-refractivity contribution in [3.05, 3.63) is 78.9 Å². The van der Waals surface area contributed by atoms with E-state index < -0.39 is 0 Å². The van der Waals surface area contributed by atoms with Crippen molar-refractivity contribution in [3.63, 3.8) is 0 Å². The molecule has 0 fully saturated rings. The smallest absolute Gasteiger partial charge is 0.323 e. The lowest BCUT2D eigenvalue weighted by molar-refractivity contribution is 0.262. The van der Waals surface area contributed by atoms with E-state index in [1.54, 1.807) is 0 Å². The average Bonchev–Trinajstić information content (AvgIpc) is 3.07. The second-order valence-corrected chi connectivity index (χ2v) is 5.63. The number of carbonyl (C=O) groups excluding carboxylic acids is 1. The van der Waals surface area contributed by atoms with Crippen molar-refractivity contribution in [3.8, 4) is 11.4 Å². The molecule has 0 unspecified atom stereocenters. The Morgan fingerprint density at radius 3 is 2.12 bits per heavy atom. The number of fused-ring (bicyclic) bond motifs is 1. The Hall–Kier alpha value is -3.60.